The van der Waals surface area contributed by atoms with Crippen molar-refractivity contribution in [2.75, 3.05) is 20.7 Å². The van der Waals surface area contributed by atoms with E-state index in [-0.39, 0.29) is 24.4 Å². The molecule has 1 amide bonds. The van der Waals surface area contributed by atoms with E-state index in [9.17, 15) is 4.79 Å². The molecule has 0 aliphatic heterocycles. The van der Waals surface area contributed by atoms with Gasteiger partial charge in [-0.1, -0.05) is 48.5 Å². The molecule has 0 spiro atoms. The number of rotatable bonds is 9. The monoisotopic (exact) mass is 376 g/mol. The van der Waals surface area contributed by atoms with Crippen molar-refractivity contribution in [2.24, 2.45) is 0 Å². The van der Waals surface area contributed by atoms with Crippen molar-refractivity contribution in [1.82, 2.24) is 10.2 Å². The Hall–Kier alpha value is -2.04. The van der Waals surface area contributed by atoms with Crippen molar-refractivity contribution in [3.63, 3.8) is 0 Å². The van der Waals surface area contributed by atoms with Crippen molar-refractivity contribution in [1.29, 1.82) is 0 Å². The number of benzene rings is 2. The molecule has 1 atom stereocenters. The van der Waals surface area contributed by atoms with Crippen LogP contribution in [0, 0.1) is 0 Å². The maximum Gasteiger partial charge on any atom is 0.224 e. The van der Waals surface area contributed by atoms with Gasteiger partial charge in [0.05, 0.1) is 7.11 Å². The summed E-state index contributed by atoms with van der Waals surface area (Å²) in [6.45, 7) is 3.41. The Kier molecular flexibility index (Phi) is 9.78. The van der Waals surface area contributed by atoms with Crippen LogP contribution in [0.25, 0.3) is 0 Å². The van der Waals surface area contributed by atoms with Gasteiger partial charge in [0.2, 0.25) is 5.91 Å². The second-order valence-corrected chi connectivity index (χ2v) is 6.23. The summed E-state index contributed by atoms with van der Waals surface area (Å²) in [6.07, 6.45) is 1.27. The number of hydrogen-bond acceptors (Lipinski definition) is 3. The van der Waals surface area contributed by atoms with Crippen LogP contribution in [0.1, 0.15) is 24.5 Å². The summed E-state index contributed by atoms with van der Waals surface area (Å²) in [5.74, 6) is 1.04. The number of hydrogen-bond donors (Lipinski definition) is 1. The lowest BCUT2D eigenvalue weighted by atomic mass is 10.0. The summed E-state index contributed by atoms with van der Waals surface area (Å²) in [6, 6.07) is 18.2. The molecule has 142 valence electrons. The second-order valence-electron chi connectivity index (χ2n) is 6.23. The van der Waals surface area contributed by atoms with Crippen LogP contribution < -0.4 is 10.1 Å². The zero-order valence-electron chi connectivity index (χ0n) is 15.8. The Bertz CT molecular complexity index is 664. The van der Waals surface area contributed by atoms with Crippen molar-refractivity contribution in [3.8, 4) is 5.75 Å². The molecule has 0 radical (unpaired) electrons. The normalized spacial score (nSPS) is 11.3. The largest absolute Gasteiger partial charge is 0.496 e. The number of halogens is 1. The lowest BCUT2D eigenvalue weighted by Crippen LogP contribution is -2.40. The molecule has 0 saturated carbocycles. The molecule has 1 N–H and O–H groups in total. The van der Waals surface area contributed by atoms with Crippen molar-refractivity contribution in [2.45, 2.75) is 32.4 Å². The van der Waals surface area contributed by atoms with Crippen LogP contribution in [-0.4, -0.2) is 37.6 Å². The van der Waals surface area contributed by atoms with E-state index < -0.39 is 0 Å². The van der Waals surface area contributed by atoms with E-state index in [1.807, 2.05) is 48.3 Å². The Morgan fingerprint density at radius 1 is 1.12 bits per heavy atom. The smallest absolute Gasteiger partial charge is 0.224 e. The van der Waals surface area contributed by atoms with Gasteiger partial charge in [-0.05, 0) is 37.6 Å². The summed E-state index contributed by atoms with van der Waals surface area (Å²) < 4.78 is 5.46. The fourth-order valence-electron chi connectivity index (χ4n) is 2.95. The van der Waals surface area contributed by atoms with E-state index >= 15 is 0 Å². The van der Waals surface area contributed by atoms with Crippen LogP contribution in [-0.2, 0) is 17.8 Å². The summed E-state index contributed by atoms with van der Waals surface area (Å²) >= 11 is 0. The van der Waals surface area contributed by atoms with Gasteiger partial charge in [-0.2, -0.15) is 0 Å². The van der Waals surface area contributed by atoms with Gasteiger partial charge >= 0.3 is 0 Å². The molecule has 26 heavy (non-hydrogen) atoms. The number of carbonyl (C=O) groups is 1. The standard InChI is InChI=1S/C21H28N2O2.ClH/c1-17(15-19-11-7-8-12-20(19)25-3)23(21(24)13-14-22-2)16-18-9-5-4-6-10-18;/h4-12,17,22H,13-16H2,1-3H3;1H. The van der Waals surface area contributed by atoms with Crippen molar-refractivity contribution in [3.05, 3.63) is 65.7 Å². The van der Waals surface area contributed by atoms with Crippen LogP contribution >= 0.6 is 12.4 Å². The van der Waals surface area contributed by atoms with E-state index in [2.05, 4.69) is 30.4 Å². The zero-order valence-corrected chi connectivity index (χ0v) is 16.6. The van der Waals surface area contributed by atoms with Crippen molar-refractivity contribution >= 4 is 18.3 Å². The predicted molar refractivity (Wildman–Crippen MR) is 109 cm³/mol. The molecular weight excluding hydrogens is 348 g/mol. The molecule has 4 nitrogen and oxygen atoms in total. The maximum absolute atomic E-state index is 12.7. The minimum Gasteiger partial charge on any atom is -0.496 e. The lowest BCUT2D eigenvalue weighted by Gasteiger charge is -2.30. The summed E-state index contributed by atoms with van der Waals surface area (Å²) in [5, 5.41) is 3.06. The minimum absolute atomic E-state index is 0. The lowest BCUT2D eigenvalue weighted by molar-refractivity contribution is -0.133. The van der Waals surface area contributed by atoms with Gasteiger partial charge in [0.1, 0.15) is 5.75 Å². The zero-order chi connectivity index (χ0) is 18.1. The van der Waals surface area contributed by atoms with E-state index in [0.717, 1.165) is 23.3 Å². The van der Waals surface area contributed by atoms with Gasteiger partial charge < -0.3 is 15.0 Å². The average Bonchev–Trinajstić information content (AvgIpc) is 2.65. The fraction of sp³-hybridized carbons (Fsp3) is 0.381. The number of amides is 1. The molecule has 0 bridgehead atoms. The third kappa shape index (κ3) is 6.36. The molecule has 2 aromatic rings. The van der Waals surface area contributed by atoms with Gasteiger partial charge in [0.25, 0.3) is 0 Å². The molecule has 0 aliphatic carbocycles. The fourth-order valence-corrected chi connectivity index (χ4v) is 2.95. The van der Waals surface area contributed by atoms with Gasteiger partial charge in [-0.3, -0.25) is 4.79 Å². The summed E-state index contributed by atoms with van der Waals surface area (Å²) in [4.78, 5) is 14.7. The van der Waals surface area contributed by atoms with Crippen LogP contribution in [0.3, 0.4) is 0 Å². The Morgan fingerprint density at radius 2 is 1.77 bits per heavy atom. The summed E-state index contributed by atoms with van der Waals surface area (Å²) in [7, 11) is 3.55. The highest BCUT2D eigenvalue weighted by Crippen LogP contribution is 2.22. The quantitative estimate of drug-likeness (QED) is 0.725. The van der Waals surface area contributed by atoms with Gasteiger partial charge in [-0.25, -0.2) is 0 Å². The molecule has 2 aromatic carbocycles. The first-order chi connectivity index (χ1) is 12.2. The van der Waals surface area contributed by atoms with E-state index in [0.29, 0.717) is 19.5 Å². The van der Waals surface area contributed by atoms with Crippen LogP contribution in [0.4, 0.5) is 0 Å². The van der Waals surface area contributed by atoms with E-state index in [1.165, 1.54) is 0 Å². The molecule has 0 aliphatic rings. The Morgan fingerprint density at radius 3 is 2.42 bits per heavy atom. The number of nitrogens with zero attached hydrogens (tertiary/aromatic N) is 1. The summed E-state index contributed by atoms with van der Waals surface area (Å²) in [5.41, 5.74) is 2.27. The maximum atomic E-state index is 12.7. The number of nitrogens with one attached hydrogen (secondary N) is 1. The molecule has 0 saturated heterocycles. The molecule has 1 unspecified atom stereocenters. The molecule has 2 rings (SSSR count). The number of ether oxygens (including phenoxy) is 1. The third-order valence-corrected chi connectivity index (χ3v) is 4.34. The molecule has 5 heteroatoms. The van der Waals surface area contributed by atoms with Gasteiger partial charge in [-0.15, -0.1) is 12.4 Å². The SMILES string of the molecule is CNCCC(=O)N(Cc1ccccc1)C(C)Cc1ccccc1OC.Cl. The highest BCUT2D eigenvalue weighted by Gasteiger charge is 2.21. The highest BCUT2D eigenvalue weighted by atomic mass is 35.5. The van der Waals surface area contributed by atoms with Gasteiger partial charge in [0.15, 0.2) is 0 Å². The van der Waals surface area contributed by atoms with Crippen LogP contribution in [0.15, 0.2) is 54.6 Å². The molecular formula is C21H29ClN2O2. The first-order valence-electron chi connectivity index (χ1n) is 8.75. The third-order valence-electron chi connectivity index (χ3n) is 4.34. The topological polar surface area (TPSA) is 41.6 Å². The number of methoxy groups -OCH3 is 1. The average molecular weight is 377 g/mol. The molecule has 0 aromatic heterocycles. The minimum atomic E-state index is 0. The van der Waals surface area contributed by atoms with Gasteiger partial charge in [0, 0.05) is 25.6 Å². The Labute approximate surface area is 163 Å². The molecule has 0 heterocycles. The first-order valence-corrected chi connectivity index (χ1v) is 8.75. The second kappa shape index (κ2) is 11.6. The van der Waals surface area contributed by atoms with E-state index in [1.54, 1.807) is 7.11 Å². The number of carbonyl (C=O) groups excluding carboxylic acids is 1. The number of para-hydroxylation sites is 1. The Balaban J connectivity index is 0.00000338. The first kappa shape index (κ1) is 22.0. The van der Waals surface area contributed by atoms with Crippen LogP contribution in [0.5, 0.6) is 5.75 Å². The van der Waals surface area contributed by atoms with Crippen molar-refractivity contribution < 1.29 is 9.53 Å². The predicted octanol–water partition coefficient (Wildman–Crippen LogP) is 3.69. The van der Waals surface area contributed by atoms with Crippen LogP contribution in [0.2, 0.25) is 0 Å². The van der Waals surface area contributed by atoms with E-state index in [4.69, 9.17) is 4.74 Å². The highest BCUT2D eigenvalue weighted by molar-refractivity contribution is 5.85. The molecule has 0 fully saturated rings.